The zero-order valence-electron chi connectivity index (χ0n) is 11.2. The van der Waals surface area contributed by atoms with Gasteiger partial charge in [-0.1, -0.05) is 0 Å². The van der Waals surface area contributed by atoms with Crippen molar-refractivity contribution in [2.75, 3.05) is 0 Å². The maximum atomic E-state index is 11.9. The van der Waals surface area contributed by atoms with E-state index < -0.39 is 57.6 Å². The van der Waals surface area contributed by atoms with Crippen LogP contribution in [0.25, 0.3) is 0 Å². The number of aromatic carboxylic acids is 1. The van der Waals surface area contributed by atoms with E-state index in [-0.39, 0.29) is 0 Å². The molecule has 9 heteroatoms. The van der Waals surface area contributed by atoms with E-state index in [0.717, 1.165) is 24.3 Å². The number of ether oxygens (including phenoxy) is 1. The molecular weight excluding hydrogens is 312 g/mol. The van der Waals surface area contributed by atoms with Gasteiger partial charge in [0.25, 0.3) is 0 Å². The number of esters is 1. The molecular formula is C14H10O9. The van der Waals surface area contributed by atoms with Crippen LogP contribution in [0.1, 0.15) is 20.7 Å². The topological polar surface area (TPSA) is 165 Å². The SMILES string of the molecule is O=C(O)c1cc(O)c(O)c(OC(=O)c2ccc(O)c(O)c2O)c1. The summed E-state index contributed by atoms with van der Waals surface area (Å²) in [6.45, 7) is 0. The van der Waals surface area contributed by atoms with Gasteiger partial charge in [0.15, 0.2) is 23.0 Å². The van der Waals surface area contributed by atoms with Crippen LogP contribution in [0.4, 0.5) is 0 Å². The van der Waals surface area contributed by atoms with Gasteiger partial charge >= 0.3 is 11.9 Å². The van der Waals surface area contributed by atoms with E-state index >= 15 is 0 Å². The predicted molar refractivity (Wildman–Crippen MR) is 73.1 cm³/mol. The summed E-state index contributed by atoms with van der Waals surface area (Å²) in [5.74, 6) is -7.68. The summed E-state index contributed by atoms with van der Waals surface area (Å²) in [5, 5.41) is 56.0. The lowest BCUT2D eigenvalue weighted by atomic mass is 10.1. The summed E-state index contributed by atoms with van der Waals surface area (Å²) >= 11 is 0. The molecule has 0 heterocycles. The fourth-order valence-corrected chi connectivity index (χ4v) is 1.68. The Balaban J connectivity index is 2.41. The zero-order chi connectivity index (χ0) is 17.3. The number of rotatable bonds is 3. The number of hydrogen-bond donors (Lipinski definition) is 6. The van der Waals surface area contributed by atoms with E-state index in [1.807, 2.05) is 0 Å². The molecule has 2 aromatic carbocycles. The first-order chi connectivity index (χ1) is 10.7. The Kier molecular flexibility index (Phi) is 3.86. The minimum absolute atomic E-state index is 0.458. The van der Waals surface area contributed by atoms with Crippen LogP contribution in [0.3, 0.4) is 0 Å². The highest BCUT2D eigenvalue weighted by Crippen LogP contribution is 2.40. The Hall–Kier alpha value is -3.62. The molecule has 0 spiro atoms. The predicted octanol–water partition coefficient (Wildman–Crippen LogP) is 1.13. The Labute approximate surface area is 127 Å². The van der Waals surface area contributed by atoms with Crippen molar-refractivity contribution >= 4 is 11.9 Å². The van der Waals surface area contributed by atoms with Crippen molar-refractivity contribution in [2.45, 2.75) is 0 Å². The van der Waals surface area contributed by atoms with Crippen molar-refractivity contribution < 1.29 is 45.0 Å². The van der Waals surface area contributed by atoms with Crippen LogP contribution in [0.5, 0.6) is 34.5 Å². The van der Waals surface area contributed by atoms with Gasteiger partial charge in [-0.3, -0.25) is 0 Å². The third kappa shape index (κ3) is 2.88. The van der Waals surface area contributed by atoms with Crippen molar-refractivity contribution in [3.8, 4) is 34.5 Å². The molecule has 0 saturated heterocycles. The quantitative estimate of drug-likeness (QED) is 0.276. The van der Waals surface area contributed by atoms with E-state index in [2.05, 4.69) is 0 Å². The molecule has 0 bridgehead atoms. The Morgan fingerprint density at radius 2 is 1.48 bits per heavy atom. The van der Waals surface area contributed by atoms with E-state index in [0.29, 0.717) is 0 Å². The van der Waals surface area contributed by atoms with Crippen molar-refractivity contribution in [3.63, 3.8) is 0 Å². The first kappa shape index (κ1) is 15.8. The van der Waals surface area contributed by atoms with Gasteiger partial charge in [-0.25, -0.2) is 9.59 Å². The first-order valence-corrected chi connectivity index (χ1v) is 5.97. The molecule has 0 aliphatic carbocycles. The van der Waals surface area contributed by atoms with Crippen LogP contribution in [0.15, 0.2) is 24.3 Å². The molecule has 2 aromatic rings. The molecule has 0 radical (unpaired) electrons. The third-order valence-corrected chi connectivity index (χ3v) is 2.85. The highest BCUT2D eigenvalue weighted by atomic mass is 16.5. The molecule has 9 nitrogen and oxygen atoms in total. The number of phenols is 5. The number of hydrogen-bond acceptors (Lipinski definition) is 8. The molecule has 2 rings (SSSR count). The largest absolute Gasteiger partial charge is 0.504 e. The van der Waals surface area contributed by atoms with Gasteiger partial charge in [0.05, 0.1) is 5.56 Å². The zero-order valence-corrected chi connectivity index (χ0v) is 11.2. The lowest BCUT2D eigenvalue weighted by Gasteiger charge is -2.10. The second-order valence-electron chi connectivity index (χ2n) is 4.37. The van der Waals surface area contributed by atoms with E-state index in [1.54, 1.807) is 0 Å². The van der Waals surface area contributed by atoms with Crippen LogP contribution in [-0.2, 0) is 0 Å². The molecule has 120 valence electrons. The van der Waals surface area contributed by atoms with Crippen molar-refractivity contribution in [1.82, 2.24) is 0 Å². The maximum absolute atomic E-state index is 11.9. The Bertz CT molecular complexity index is 810. The second kappa shape index (κ2) is 5.64. The van der Waals surface area contributed by atoms with Crippen LogP contribution in [-0.4, -0.2) is 42.6 Å². The van der Waals surface area contributed by atoms with Gasteiger partial charge in [-0.05, 0) is 24.3 Å². The fourth-order valence-electron chi connectivity index (χ4n) is 1.68. The molecule has 0 amide bonds. The monoisotopic (exact) mass is 322 g/mol. The number of aromatic hydroxyl groups is 5. The fraction of sp³-hybridized carbons (Fsp3) is 0. The van der Waals surface area contributed by atoms with Gasteiger partial charge in [-0.15, -0.1) is 0 Å². The van der Waals surface area contributed by atoms with Gasteiger partial charge in [0.1, 0.15) is 5.56 Å². The summed E-state index contributed by atoms with van der Waals surface area (Å²) in [6.07, 6.45) is 0. The smallest absolute Gasteiger partial charge is 0.347 e. The highest BCUT2D eigenvalue weighted by Gasteiger charge is 2.22. The lowest BCUT2D eigenvalue weighted by molar-refractivity contribution is 0.0684. The molecule has 0 saturated carbocycles. The maximum Gasteiger partial charge on any atom is 0.347 e. The van der Waals surface area contributed by atoms with Crippen molar-refractivity contribution in [3.05, 3.63) is 35.4 Å². The highest BCUT2D eigenvalue weighted by molar-refractivity contribution is 5.96. The van der Waals surface area contributed by atoms with Crippen LogP contribution in [0.2, 0.25) is 0 Å². The van der Waals surface area contributed by atoms with Crippen LogP contribution >= 0.6 is 0 Å². The van der Waals surface area contributed by atoms with Gasteiger partial charge in [0.2, 0.25) is 11.5 Å². The molecule has 0 aliphatic heterocycles. The number of carboxylic acids is 1. The Morgan fingerprint density at radius 1 is 0.826 bits per heavy atom. The van der Waals surface area contributed by atoms with E-state index in [4.69, 9.17) is 9.84 Å². The number of phenolic OH excluding ortho intramolecular Hbond substituents is 5. The second-order valence-corrected chi connectivity index (χ2v) is 4.37. The molecule has 23 heavy (non-hydrogen) atoms. The average Bonchev–Trinajstić information content (AvgIpc) is 2.49. The van der Waals surface area contributed by atoms with Gasteiger partial charge in [-0.2, -0.15) is 0 Å². The summed E-state index contributed by atoms with van der Waals surface area (Å²) in [4.78, 5) is 22.8. The summed E-state index contributed by atoms with van der Waals surface area (Å²) < 4.78 is 4.71. The number of benzene rings is 2. The lowest BCUT2D eigenvalue weighted by Crippen LogP contribution is -2.09. The van der Waals surface area contributed by atoms with Gasteiger partial charge < -0.3 is 35.4 Å². The van der Waals surface area contributed by atoms with Crippen LogP contribution < -0.4 is 4.74 Å². The molecule has 0 fully saturated rings. The minimum Gasteiger partial charge on any atom is -0.504 e. The number of carbonyl (C=O) groups is 2. The summed E-state index contributed by atoms with van der Waals surface area (Å²) in [6, 6.07) is 3.38. The van der Waals surface area contributed by atoms with Crippen molar-refractivity contribution in [2.24, 2.45) is 0 Å². The van der Waals surface area contributed by atoms with Crippen molar-refractivity contribution in [1.29, 1.82) is 0 Å². The standard InChI is InChI=1S/C14H10O9/c15-7-2-1-6(10(17)12(7)19)14(22)23-9-4-5(13(20)21)3-8(16)11(9)18/h1-4,15-19H,(H,20,21). The minimum atomic E-state index is -1.44. The number of carboxylic acid groups (broad SMARTS) is 1. The first-order valence-electron chi connectivity index (χ1n) is 5.97. The van der Waals surface area contributed by atoms with Gasteiger partial charge in [0, 0.05) is 0 Å². The van der Waals surface area contributed by atoms with E-state index in [1.165, 1.54) is 0 Å². The molecule has 0 aliphatic rings. The average molecular weight is 322 g/mol. The summed E-state index contributed by atoms with van der Waals surface area (Å²) in [7, 11) is 0. The molecule has 0 aromatic heterocycles. The summed E-state index contributed by atoms with van der Waals surface area (Å²) in [5.41, 5.74) is -1.01. The molecule has 0 atom stereocenters. The molecule has 6 N–H and O–H groups in total. The molecule has 0 unspecified atom stereocenters. The van der Waals surface area contributed by atoms with E-state index in [9.17, 15) is 35.1 Å². The van der Waals surface area contributed by atoms with Crippen LogP contribution in [0, 0.1) is 0 Å². The normalized spacial score (nSPS) is 10.3. The Morgan fingerprint density at radius 3 is 2.09 bits per heavy atom. The number of carbonyl (C=O) groups excluding carboxylic acids is 1. The third-order valence-electron chi connectivity index (χ3n) is 2.85.